The minimum atomic E-state index is -1.60. The highest BCUT2D eigenvalue weighted by atomic mass is 35.5. The predicted molar refractivity (Wildman–Crippen MR) is 141 cm³/mol. The molecule has 204 valence electrons. The summed E-state index contributed by atoms with van der Waals surface area (Å²) in [5.74, 6) is -9.98. The van der Waals surface area contributed by atoms with Gasteiger partial charge in [0.2, 0.25) is 11.8 Å². The predicted octanol–water partition coefficient (Wildman–Crippen LogP) is 7.29. The number of benzene rings is 3. The molecule has 3 aromatic rings. The van der Waals surface area contributed by atoms with Crippen LogP contribution >= 0.6 is 46.4 Å². The molecule has 0 heterocycles. The molecule has 2 atom stereocenters. The van der Waals surface area contributed by atoms with E-state index in [1.807, 2.05) is 5.32 Å². The molecule has 14 heteroatoms. The van der Waals surface area contributed by atoms with Crippen LogP contribution in [0.15, 0.2) is 42.5 Å². The summed E-state index contributed by atoms with van der Waals surface area (Å²) in [4.78, 5) is 36.8. The maximum Gasteiger partial charge on any atom is 0.258 e. The topological polar surface area (TPSA) is 87.3 Å². The van der Waals surface area contributed by atoms with Gasteiger partial charge in [-0.05, 0) is 29.8 Å². The van der Waals surface area contributed by atoms with Gasteiger partial charge in [0.15, 0.2) is 11.6 Å². The first-order valence-corrected chi connectivity index (χ1v) is 12.4. The molecule has 1 fully saturated rings. The van der Waals surface area contributed by atoms with Gasteiger partial charge in [-0.1, -0.05) is 29.3 Å². The van der Waals surface area contributed by atoms with Crippen LogP contribution < -0.4 is 16.0 Å². The number of amides is 3. The number of nitrogens with one attached hydrogen (secondary N) is 3. The summed E-state index contributed by atoms with van der Waals surface area (Å²) in [6.45, 7) is 1.08. The fourth-order valence-corrected chi connectivity index (χ4v) is 5.07. The normalized spacial score (nSPS) is 17.4. The van der Waals surface area contributed by atoms with Crippen molar-refractivity contribution in [1.82, 2.24) is 0 Å². The average Bonchev–Trinajstić information content (AvgIpc) is 3.42. The number of halogens is 8. The molecule has 0 saturated heterocycles. The minimum Gasteiger partial charge on any atom is -0.326 e. The van der Waals surface area contributed by atoms with E-state index < -0.39 is 74.1 Å². The molecule has 39 heavy (non-hydrogen) atoms. The van der Waals surface area contributed by atoms with E-state index >= 15 is 0 Å². The number of hydrogen-bond donors (Lipinski definition) is 3. The van der Waals surface area contributed by atoms with Crippen LogP contribution in [-0.4, -0.2) is 22.1 Å². The first kappa shape index (κ1) is 28.9. The van der Waals surface area contributed by atoms with Gasteiger partial charge in [0.1, 0.15) is 16.0 Å². The SMILES string of the molecule is CC(=O)Nc1cc(NC(=O)c2cc(NC(=O)C3[C@H](c4ccc(Cl)c(Cl)c4)C3(Cl)Cl)cc(F)c2F)c(F)cc1F. The van der Waals surface area contributed by atoms with Crippen LogP contribution in [-0.2, 0) is 9.59 Å². The summed E-state index contributed by atoms with van der Waals surface area (Å²) < 4.78 is 55.5. The molecule has 6 nitrogen and oxygen atoms in total. The zero-order valence-corrected chi connectivity index (χ0v) is 22.5. The summed E-state index contributed by atoms with van der Waals surface area (Å²) in [6.07, 6.45) is 0. The maximum atomic E-state index is 14.5. The number of carbonyl (C=O) groups excluding carboxylic acids is 3. The van der Waals surface area contributed by atoms with E-state index in [0.717, 1.165) is 19.1 Å². The van der Waals surface area contributed by atoms with Gasteiger partial charge in [-0.2, -0.15) is 0 Å². The highest BCUT2D eigenvalue weighted by Gasteiger charge is 2.67. The van der Waals surface area contributed by atoms with E-state index in [1.165, 1.54) is 12.1 Å². The lowest BCUT2D eigenvalue weighted by atomic mass is 10.1. The van der Waals surface area contributed by atoms with Crippen LogP contribution in [0.3, 0.4) is 0 Å². The minimum absolute atomic E-state index is 0.211. The van der Waals surface area contributed by atoms with Gasteiger partial charge in [-0.25, -0.2) is 17.6 Å². The summed E-state index contributed by atoms with van der Waals surface area (Å²) >= 11 is 24.5. The van der Waals surface area contributed by atoms with Crippen molar-refractivity contribution >= 4 is 81.2 Å². The Labute approximate surface area is 238 Å². The molecule has 1 aliphatic carbocycles. The summed E-state index contributed by atoms with van der Waals surface area (Å²) in [6, 6.07) is 7.16. The fourth-order valence-electron chi connectivity index (χ4n) is 3.94. The third-order valence-corrected chi connectivity index (χ3v) is 7.47. The maximum absolute atomic E-state index is 14.5. The third kappa shape index (κ3) is 5.94. The number of alkyl halides is 2. The Morgan fingerprint density at radius 3 is 2.05 bits per heavy atom. The van der Waals surface area contributed by atoms with Crippen molar-refractivity contribution < 1.29 is 31.9 Å². The molecule has 1 saturated carbocycles. The van der Waals surface area contributed by atoms with Crippen LogP contribution in [0.2, 0.25) is 10.0 Å². The molecule has 1 aliphatic rings. The lowest BCUT2D eigenvalue weighted by Crippen LogP contribution is -2.20. The van der Waals surface area contributed by atoms with Crippen LogP contribution in [0.4, 0.5) is 34.6 Å². The van der Waals surface area contributed by atoms with E-state index in [0.29, 0.717) is 17.7 Å². The molecule has 4 rings (SSSR count). The van der Waals surface area contributed by atoms with Crippen molar-refractivity contribution in [2.45, 2.75) is 17.2 Å². The van der Waals surface area contributed by atoms with Crippen molar-refractivity contribution in [3.63, 3.8) is 0 Å². The van der Waals surface area contributed by atoms with Crippen molar-refractivity contribution in [1.29, 1.82) is 0 Å². The summed E-state index contributed by atoms with van der Waals surface area (Å²) in [7, 11) is 0. The van der Waals surface area contributed by atoms with Gasteiger partial charge >= 0.3 is 0 Å². The van der Waals surface area contributed by atoms with Gasteiger partial charge < -0.3 is 16.0 Å². The molecule has 0 aromatic heterocycles. The van der Waals surface area contributed by atoms with Crippen LogP contribution in [0.1, 0.15) is 28.8 Å². The van der Waals surface area contributed by atoms with Crippen LogP contribution in [0.25, 0.3) is 0 Å². The first-order valence-electron chi connectivity index (χ1n) is 10.9. The second-order valence-corrected chi connectivity index (χ2v) is 10.8. The molecule has 3 aromatic carbocycles. The molecule has 3 amide bonds. The lowest BCUT2D eigenvalue weighted by Gasteiger charge is -2.12. The van der Waals surface area contributed by atoms with Gasteiger partial charge in [0.25, 0.3) is 5.91 Å². The van der Waals surface area contributed by atoms with Crippen molar-refractivity contribution in [3.8, 4) is 0 Å². The second kappa shape index (κ2) is 10.8. The quantitative estimate of drug-likeness (QED) is 0.199. The fraction of sp³-hybridized carbons (Fsp3) is 0.160. The molecule has 1 unspecified atom stereocenters. The number of hydrogen-bond acceptors (Lipinski definition) is 3. The second-order valence-electron chi connectivity index (χ2n) is 8.56. The largest absolute Gasteiger partial charge is 0.326 e. The van der Waals surface area contributed by atoms with Crippen LogP contribution in [0.5, 0.6) is 0 Å². The molecule has 0 radical (unpaired) electrons. The molecule has 0 aliphatic heterocycles. The highest BCUT2D eigenvalue weighted by Crippen LogP contribution is 2.65. The average molecular weight is 623 g/mol. The van der Waals surface area contributed by atoms with Crippen LogP contribution in [0, 0.1) is 29.2 Å². The zero-order valence-electron chi connectivity index (χ0n) is 19.4. The van der Waals surface area contributed by atoms with Gasteiger partial charge in [0, 0.05) is 30.7 Å². The monoisotopic (exact) mass is 621 g/mol. The highest BCUT2D eigenvalue weighted by molar-refractivity contribution is 6.53. The first-order chi connectivity index (χ1) is 18.2. The molecular weight excluding hydrogens is 608 g/mol. The van der Waals surface area contributed by atoms with Gasteiger partial charge in [0.05, 0.1) is 32.9 Å². The van der Waals surface area contributed by atoms with Gasteiger partial charge in [-0.15, -0.1) is 23.2 Å². The van der Waals surface area contributed by atoms with Gasteiger partial charge in [-0.3, -0.25) is 14.4 Å². The summed E-state index contributed by atoms with van der Waals surface area (Å²) in [5.41, 5.74) is -1.81. The molecular formula is C25H15Cl4F4N3O3. The lowest BCUT2D eigenvalue weighted by molar-refractivity contribution is -0.117. The summed E-state index contributed by atoms with van der Waals surface area (Å²) in [5, 5.41) is 6.91. The Balaban J connectivity index is 1.56. The van der Waals surface area contributed by atoms with Crippen molar-refractivity contribution in [2.75, 3.05) is 16.0 Å². The standard InChI is InChI=1S/C25H15Cl4F4N3O3/c1-9(37)34-18-8-19(16(31)7-15(18)30)36-23(38)12-5-11(6-17(32)22(12)33)35-24(39)21-20(25(21,28)29)10-2-3-13(26)14(27)4-10/h2-8,20-21H,1H3,(H,34,37)(H,35,39)(H,36,38)/t20-,21?/m0/s1. The van der Waals surface area contributed by atoms with Crippen molar-refractivity contribution in [3.05, 3.63) is 86.9 Å². The molecule has 0 spiro atoms. The number of rotatable bonds is 6. The van der Waals surface area contributed by atoms with E-state index in [2.05, 4.69) is 10.6 Å². The Morgan fingerprint density at radius 1 is 0.795 bits per heavy atom. The molecule has 0 bridgehead atoms. The van der Waals surface area contributed by atoms with Crippen molar-refractivity contribution in [2.24, 2.45) is 5.92 Å². The van der Waals surface area contributed by atoms with E-state index in [9.17, 15) is 31.9 Å². The van der Waals surface area contributed by atoms with E-state index in [1.54, 1.807) is 6.07 Å². The third-order valence-electron chi connectivity index (χ3n) is 5.79. The Morgan fingerprint density at radius 2 is 1.44 bits per heavy atom. The Bertz CT molecular complexity index is 1540. The van der Waals surface area contributed by atoms with E-state index in [-0.39, 0.29) is 15.7 Å². The Kier molecular flexibility index (Phi) is 8.05. The van der Waals surface area contributed by atoms with E-state index in [4.69, 9.17) is 46.4 Å². The Hall–Kier alpha value is -3.05. The number of carbonyl (C=O) groups is 3. The molecule has 3 N–H and O–H groups in total. The number of anilines is 3. The zero-order chi connectivity index (χ0) is 28.8. The smallest absolute Gasteiger partial charge is 0.258 e.